The lowest BCUT2D eigenvalue weighted by atomic mass is 9.97. The minimum Gasteiger partial charge on any atom is -0.394 e. The van der Waals surface area contributed by atoms with Crippen LogP contribution in [0.3, 0.4) is 0 Å². The van der Waals surface area contributed by atoms with Gasteiger partial charge in [-0.2, -0.15) is 0 Å². The van der Waals surface area contributed by atoms with Gasteiger partial charge in [-0.05, 0) is 0 Å². The van der Waals surface area contributed by atoms with Crippen molar-refractivity contribution in [2.45, 2.75) is 61.4 Å². The lowest BCUT2D eigenvalue weighted by Gasteiger charge is -2.46. The first kappa shape index (κ1) is 20.9. The van der Waals surface area contributed by atoms with E-state index in [1.807, 2.05) is 0 Å². The molecule has 2 aliphatic heterocycles. The van der Waals surface area contributed by atoms with Gasteiger partial charge in [-0.15, -0.1) is 0 Å². The van der Waals surface area contributed by atoms with Crippen LogP contribution in [0.25, 0.3) is 0 Å². The van der Waals surface area contributed by atoms with E-state index in [1.165, 1.54) is 14.2 Å². The van der Waals surface area contributed by atoms with Gasteiger partial charge in [0.05, 0.1) is 13.2 Å². The summed E-state index contributed by atoms with van der Waals surface area (Å²) in [5.41, 5.74) is 0. The standard InChI is InChI=1S/C14H26O11/c1-21-11-6(4-16)24-14(9(19)8(11)18)25-12-7(17)5(3-15)23-13(22-2)10(12)20/h5-20H,3-4H2,1-2H3/t5-,6?,7-,8-,9?,10?,11+,12?,13+,14+/m1/s1. The number of ether oxygens (including phenoxy) is 5. The van der Waals surface area contributed by atoms with E-state index < -0.39 is 74.6 Å². The summed E-state index contributed by atoms with van der Waals surface area (Å²) in [6, 6.07) is 0. The summed E-state index contributed by atoms with van der Waals surface area (Å²) >= 11 is 0. The molecule has 6 N–H and O–H groups in total. The Bertz CT molecular complexity index is 392. The minimum absolute atomic E-state index is 0.513. The molecule has 25 heavy (non-hydrogen) atoms. The van der Waals surface area contributed by atoms with E-state index in [0.717, 1.165) is 0 Å². The highest BCUT2D eigenvalue weighted by Gasteiger charge is 2.51. The fraction of sp³-hybridized carbons (Fsp3) is 1.00. The summed E-state index contributed by atoms with van der Waals surface area (Å²) in [6.07, 6.45) is -13.0. The molecular weight excluding hydrogens is 344 g/mol. The van der Waals surface area contributed by atoms with Crippen LogP contribution in [0.1, 0.15) is 0 Å². The first-order chi connectivity index (χ1) is 11.9. The first-order valence-electron chi connectivity index (χ1n) is 7.85. The molecule has 2 fully saturated rings. The third kappa shape index (κ3) is 4.12. The molecule has 0 saturated carbocycles. The Morgan fingerprint density at radius 3 is 1.80 bits per heavy atom. The Balaban J connectivity index is 2.15. The largest absolute Gasteiger partial charge is 0.394 e. The number of rotatable bonds is 6. The van der Waals surface area contributed by atoms with Crippen molar-refractivity contribution in [3.8, 4) is 0 Å². The SMILES string of the molecule is CO[C@H]1O[C@H](CO)[C@@H](O)C(O[C@@H]2OC(CO)[C@H](OC)[C@H](O)C2O)C1O. The van der Waals surface area contributed by atoms with Gasteiger partial charge in [-0.25, -0.2) is 0 Å². The molecular formula is C14H26O11. The normalized spacial score (nSPS) is 48.5. The van der Waals surface area contributed by atoms with Gasteiger partial charge in [0.2, 0.25) is 0 Å². The summed E-state index contributed by atoms with van der Waals surface area (Å²) in [7, 11) is 2.55. The summed E-state index contributed by atoms with van der Waals surface area (Å²) in [6.45, 7) is -1.07. The molecule has 11 nitrogen and oxygen atoms in total. The quantitative estimate of drug-likeness (QED) is 0.269. The van der Waals surface area contributed by atoms with Crippen LogP contribution in [0.15, 0.2) is 0 Å². The predicted molar refractivity (Wildman–Crippen MR) is 78.2 cm³/mol. The average molecular weight is 370 g/mol. The zero-order chi connectivity index (χ0) is 18.7. The van der Waals surface area contributed by atoms with Crippen LogP contribution < -0.4 is 0 Å². The second-order valence-corrected chi connectivity index (χ2v) is 5.95. The van der Waals surface area contributed by atoms with Crippen LogP contribution in [0.2, 0.25) is 0 Å². The highest BCUT2D eigenvalue weighted by molar-refractivity contribution is 4.94. The van der Waals surface area contributed by atoms with E-state index >= 15 is 0 Å². The van der Waals surface area contributed by atoms with Gasteiger partial charge in [0.15, 0.2) is 12.6 Å². The predicted octanol–water partition coefficient (Wildman–Crippen LogP) is -4.09. The van der Waals surface area contributed by atoms with Crippen LogP contribution in [-0.4, -0.2) is 119 Å². The smallest absolute Gasteiger partial charge is 0.187 e. The molecule has 11 heteroatoms. The lowest BCUT2D eigenvalue weighted by Crippen LogP contribution is -2.65. The summed E-state index contributed by atoms with van der Waals surface area (Å²) in [4.78, 5) is 0. The third-order valence-electron chi connectivity index (χ3n) is 4.44. The lowest BCUT2D eigenvalue weighted by molar-refractivity contribution is -0.359. The number of hydrogen-bond donors (Lipinski definition) is 6. The van der Waals surface area contributed by atoms with E-state index in [0.29, 0.717) is 0 Å². The molecule has 0 aromatic heterocycles. The molecule has 0 bridgehead atoms. The topological polar surface area (TPSA) is 168 Å². The Kier molecular flexibility index (Phi) is 7.49. The van der Waals surface area contributed by atoms with Crippen LogP contribution in [0.5, 0.6) is 0 Å². The highest BCUT2D eigenvalue weighted by Crippen LogP contribution is 2.29. The molecule has 2 aliphatic rings. The zero-order valence-corrected chi connectivity index (χ0v) is 13.9. The maximum atomic E-state index is 10.2. The summed E-state index contributed by atoms with van der Waals surface area (Å²) < 4.78 is 26.0. The molecule has 2 rings (SSSR count). The number of aliphatic hydroxyl groups excluding tert-OH is 6. The minimum atomic E-state index is -1.57. The van der Waals surface area contributed by atoms with Gasteiger partial charge in [0.25, 0.3) is 0 Å². The maximum Gasteiger partial charge on any atom is 0.187 e. The molecule has 0 amide bonds. The molecule has 0 aromatic rings. The Labute approximate surface area is 144 Å². The van der Waals surface area contributed by atoms with E-state index in [4.69, 9.17) is 23.7 Å². The molecule has 4 unspecified atom stereocenters. The highest BCUT2D eigenvalue weighted by atomic mass is 16.7. The fourth-order valence-corrected chi connectivity index (χ4v) is 3.02. The Morgan fingerprint density at radius 2 is 1.28 bits per heavy atom. The molecule has 10 atom stereocenters. The van der Waals surface area contributed by atoms with Gasteiger partial charge < -0.3 is 54.3 Å². The van der Waals surface area contributed by atoms with Crippen LogP contribution in [-0.2, 0) is 23.7 Å². The van der Waals surface area contributed by atoms with Crippen molar-refractivity contribution in [1.29, 1.82) is 0 Å². The van der Waals surface area contributed by atoms with Gasteiger partial charge >= 0.3 is 0 Å². The fourth-order valence-electron chi connectivity index (χ4n) is 3.02. The van der Waals surface area contributed by atoms with Crippen molar-refractivity contribution in [1.82, 2.24) is 0 Å². The maximum absolute atomic E-state index is 10.2. The van der Waals surface area contributed by atoms with Crippen molar-refractivity contribution in [2.75, 3.05) is 27.4 Å². The van der Waals surface area contributed by atoms with E-state index in [-0.39, 0.29) is 0 Å². The second kappa shape index (κ2) is 8.97. The number of hydrogen-bond acceptors (Lipinski definition) is 11. The van der Waals surface area contributed by atoms with Gasteiger partial charge in [0.1, 0.15) is 48.8 Å². The van der Waals surface area contributed by atoms with Gasteiger partial charge in [0, 0.05) is 14.2 Å². The molecule has 0 aliphatic carbocycles. The van der Waals surface area contributed by atoms with Crippen LogP contribution in [0, 0.1) is 0 Å². The molecule has 2 saturated heterocycles. The van der Waals surface area contributed by atoms with Crippen molar-refractivity contribution in [2.24, 2.45) is 0 Å². The van der Waals surface area contributed by atoms with Crippen molar-refractivity contribution in [3.05, 3.63) is 0 Å². The van der Waals surface area contributed by atoms with Crippen molar-refractivity contribution >= 4 is 0 Å². The summed E-state index contributed by atoms with van der Waals surface area (Å²) in [5.74, 6) is 0. The van der Waals surface area contributed by atoms with Crippen molar-refractivity contribution in [3.63, 3.8) is 0 Å². The molecule has 0 spiro atoms. The van der Waals surface area contributed by atoms with Gasteiger partial charge in [-0.3, -0.25) is 0 Å². The monoisotopic (exact) mass is 370 g/mol. The zero-order valence-electron chi connectivity index (χ0n) is 13.9. The van der Waals surface area contributed by atoms with Crippen molar-refractivity contribution < 1.29 is 54.3 Å². The van der Waals surface area contributed by atoms with Crippen LogP contribution >= 0.6 is 0 Å². The average Bonchev–Trinajstić information content (AvgIpc) is 2.62. The molecule has 148 valence electrons. The number of aliphatic hydroxyl groups is 6. The molecule has 0 aromatic carbocycles. The van der Waals surface area contributed by atoms with Gasteiger partial charge in [-0.1, -0.05) is 0 Å². The summed E-state index contributed by atoms with van der Waals surface area (Å²) in [5, 5.41) is 59.4. The van der Waals surface area contributed by atoms with E-state index in [1.54, 1.807) is 0 Å². The number of methoxy groups -OCH3 is 2. The second-order valence-electron chi connectivity index (χ2n) is 5.95. The molecule has 2 heterocycles. The third-order valence-corrected chi connectivity index (χ3v) is 4.44. The Hall–Kier alpha value is -0.440. The van der Waals surface area contributed by atoms with E-state index in [2.05, 4.69) is 0 Å². The molecule has 0 radical (unpaired) electrons. The van der Waals surface area contributed by atoms with E-state index in [9.17, 15) is 30.6 Å². The first-order valence-corrected chi connectivity index (χ1v) is 7.85. The van der Waals surface area contributed by atoms with Crippen LogP contribution in [0.4, 0.5) is 0 Å². The Morgan fingerprint density at radius 1 is 0.680 bits per heavy atom.